The summed E-state index contributed by atoms with van der Waals surface area (Å²) in [5.41, 5.74) is 1.79. The van der Waals surface area contributed by atoms with Crippen LogP contribution in [0.5, 0.6) is 0 Å². The Morgan fingerprint density at radius 1 is 1.17 bits per heavy atom. The van der Waals surface area contributed by atoms with Crippen molar-refractivity contribution in [3.8, 4) is 0 Å². The van der Waals surface area contributed by atoms with Gasteiger partial charge in [0.15, 0.2) is 0 Å². The molecule has 1 aromatic rings. The highest BCUT2D eigenvalue weighted by molar-refractivity contribution is 7.07. The Morgan fingerprint density at radius 2 is 1.58 bits per heavy atom. The van der Waals surface area contributed by atoms with Crippen molar-refractivity contribution < 1.29 is 0 Å². The standard InChI is InChI=1S/C4H10.C3H3NS.C2H6.CH4/c1-4(2)3;1-2-5-3-4-1;1-2;/h4H,1-3H3;1-3H;1-2H3;1H4. The SMILES string of the molecule is C.CC.CC(C)C.c1cscn1. The van der Waals surface area contributed by atoms with Gasteiger partial charge in [0.2, 0.25) is 0 Å². The fourth-order valence-corrected chi connectivity index (χ4v) is 0.527. The van der Waals surface area contributed by atoms with Crippen LogP contribution in [0.3, 0.4) is 0 Å². The summed E-state index contributed by atoms with van der Waals surface area (Å²) < 4.78 is 0. The summed E-state index contributed by atoms with van der Waals surface area (Å²) in [6.07, 6.45) is 1.77. The van der Waals surface area contributed by atoms with Crippen LogP contribution >= 0.6 is 11.3 Å². The molecule has 0 atom stereocenters. The third kappa shape index (κ3) is 33.5. The number of aromatic nitrogens is 1. The zero-order valence-electron chi connectivity index (χ0n) is 8.16. The molecule has 0 spiro atoms. The Kier molecular flexibility index (Phi) is 24.9. The molecule has 0 amide bonds. The molecular formula is C10H23NS. The third-order valence-corrected chi connectivity index (χ3v) is 0.869. The molecule has 12 heavy (non-hydrogen) atoms. The van der Waals surface area contributed by atoms with Crippen LogP contribution in [0.25, 0.3) is 0 Å². The Balaban J connectivity index is -0.000000107. The number of hydrogen-bond donors (Lipinski definition) is 0. The van der Waals surface area contributed by atoms with Gasteiger partial charge in [-0.3, -0.25) is 4.98 Å². The molecule has 0 fully saturated rings. The molecule has 0 N–H and O–H groups in total. The smallest absolute Gasteiger partial charge is 0.0791 e. The van der Waals surface area contributed by atoms with Gasteiger partial charge in [-0.2, -0.15) is 0 Å². The quantitative estimate of drug-likeness (QED) is 0.587. The molecule has 0 saturated carbocycles. The van der Waals surface area contributed by atoms with Gasteiger partial charge in [0.25, 0.3) is 0 Å². The van der Waals surface area contributed by atoms with E-state index < -0.39 is 0 Å². The minimum atomic E-state index is 0. The summed E-state index contributed by atoms with van der Waals surface area (Å²) in [6.45, 7) is 10.5. The van der Waals surface area contributed by atoms with Gasteiger partial charge in [-0.1, -0.05) is 42.0 Å². The molecule has 0 aliphatic carbocycles. The van der Waals surface area contributed by atoms with E-state index in [-0.39, 0.29) is 7.43 Å². The number of thiazole rings is 1. The molecule has 0 bridgehead atoms. The lowest BCUT2D eigenvalue weighted by molar-refractivity contribution is 0.737. The lowest BCUT2D eigenvalue weighted by Gasteiger charge is -1.79. The zero-order chi connectivity index (χ0) is 9.11. The largest absolute Gasteiger partial charge is 0.253 e. The van der Waals surface area contributed by atoms with E-state index in [1.54, 1.807) is 23.0 Å². The van der Waals surface area contributed by atoms with Crippen LogP contribution in [0.1, 0.15) is 42.0 Å². The predicted octanol–water partition coefficient (Wildman–Crippen LogP) is 4.47. The fourth-order valence-electron chi connectivity index (χ4n) is 0.176. The summed E-state index contributed by atoms with van der Waals surface area (Å²) in [5.74, 6) is 0.833. The predicted molar refractivity (Wildman–Crippen MR) is 60.7 cm³/mol. The Morgan fingerprint density at radius 3 is 1.67 bits per heavy atom. The first-order valence-corrected chi connectivity index (χ1v) is 5.00. The van der Waals surface area contributed by atoms with Gasteiger partial charge in [0.1, 0.15) is 0 Å². The molecule has 0 radical (unpaired) electrons. The minimum Gasteiger partial charge on any atom is -0.253 e. The van der Waals surface area contributed by atoms with E-state index in [0.29, 0.717) is 0 Å². The van der Waals surface area contributed by atoms with Crippen LogP contribution in [-0.2, 0) is 0 Å². The van der Waals surface area contributed by atoms with Crippen molar-refractivity contribution in [3.63, 3.8) is 0 Å². The molecule has 0 aromatic carbocycles. The van der Waals surface area contributed by atoms with Crippen molar-refractivity contribution >= 4 is 11.3 Å². The van der Waals surface area contributed by atoms with E-state index in [4.69, 9.17) is 0 Å². The van der Waals surface area contributed by atoms with Crippen molar-refractivity contribution in [2.75, 3.05) is 0 Å². The van der Waals surface area contributed by atoms with E-state index in [1.807, 2.05) is 19.2 Å². The van der Waals surface area contributed by atoms with Crippen LogP contribution in [0, 0.1) is 5.92 Å². The van der Waals surface area contributed by atoms with Crippen LogP contribution < -0.4 is 0 Å². The van der Waals surface area contributed by atoms with Gasteiger partial charge in [-0.15, -0.1) is 11.3 Å². The van der Waals surface area contributed by atoms with Crippen molar-refractivity contribution in [2.24, 2.45) is 5.92 Å². The molecule has 2 heteroatoms. The lowest BCUT2D eigenvalue weighted by atomic mass is 10.3. The normalized spacial score (nSPS) is 6.83. The van der Waals surface area contributed by atoms with E-state index in [0.717, 1.165) is 5.92 Å². The molecular weight excluding hydrogens is 166 g/mol. The number of rotatable bonds is 0. The van der Waals surface area contributed by atoms with Gasteiger partial charge < -0.3 is 0 Å². The van der Waals surface area contributed by atoms with E-state index in [9.17, 15) is 0 Å². The van der Waals surface area contributed by atoms with Gasteiger partial charge in [-0.05, 0) is 5.92 Å². The summed E-state index contributed by atoms with van der Waals surface area (Å²) in [7, 11) is 0. The highest BCUT2D eigenvalue weighted by atomic mass is 32.1. The minimum absolute atomic E-state index is 0. The maximum absolute atomic E-state index is 3.74. The van der Waals surface area contributed by atoms with Crippen LogP contribution in [0.4, 0.5) is 0 Å². The fraction of sp³-hybridized carbons (Fsp3) is 0.700. The maximum atomic E-state index is 3.74. The first kappa shape index (κ1) is 17.6. The second-order valence-corrected chi connectivity index (χ2v) is 3.16. The Labute approximate surface area is 81.9 Å². The topological polar surface area (TPSA) is 12.9 Å². The third-order valence-electron chi connectivity index (χ3n) is 0.347. The van der Waals surface area contributed by atoms with Gasteiger partial charge >= 0.3 is 0 Å². The van der Waals surface area contributed by atoms with E-state index in [1.165, 1.54) is 0 Å². The maximum Gasteiger partial charge on any atom is 0.0791 e. The van der Waals surface area contributed by atoms with Crippen LogP contribution in [0.15, 0.2) is 17.1 Å². The van der Waals surface area contributed by atoms with Crippen molar-refractivity contribution in [2.45, 2.75) is 42.0 Å². The molecule has 1 nitrogen and oxygen atoms in total. The van der Waals surface area contributed by atoms with Gasteiger partial charge in [0.05, 0.1) is 5.51 Å². The van der Waals surface area contributed by atoms with Crippen LogP contribution in [-0.4, -0.2) is 4.98 Å². The van der Waals surface area contributed by atoms with Crippen LogP contribution in [0.2, 0.25) is 0 Å². The molecule has 1 aromatic heterocycles. The average molecular weight is 189 g/mol. The second kappa shape index (κ2) is 16.9. The summed E-state index contributed by atoms with van der Waals surface area (Å²) in [4.78, 5) is 3.74. The molecule has 0 saturated heterocycles. The highest BCUT2D eigenvalue weighted by Gasteiger charge is 1.68. The second-order valence-electron chi connectivity index (χ2n) is 2.41. The van der Waals surface area contributed by atoms with Crippen molar-refractivity contribution in [3.05, 3.63) is 17.1 Å². The first-order valence-electron chi connectivity index (χ1n) is 4.05. The molecule has 1 heterocycles. The summed E-state index contributed by atoms with van der Waals surface area (Å²) in [5, 5.41) is 1.93. The van der Waals surface area contributed by atoms with Crippen molar-refractivity contribution in [1.82, 2.24) is 4.98 Å². The Bertz CT molecular complexity index is 93.4. The van der Waals surface area contributed by atoms with Gasteiger partial charge in [-0.25, -0.2) is 0 Å². The lowest BCUT2D eigenvalue weighted by Crippen LogP contribution is -1.66. The summed E-state index contributed by atoms with van der Waals surface area (Å²) >= 11 is 1.60. The monoisotopic (exact) mass is 189 g/mol. The van der Waals surface area contributed by atoms with E-state index in [2.05, 4.69) is 25.8 Å². The first-order chi connectivity index (χ1) is 5.23. The van der Waals surface area contributed by atoms with E-state index >= 15 is 0 Å². The molecule has 1 rings (SSSR count). The average Bonchev–Trinajstić information content (AvgIpc) is 2.44. The molecule has 0 aliphatic rings. The van der Waals surface area contributed by atoms with Gasteiger partial charge in [0, 0.05) is 11.6 Å². The number of hydrogen-bond acceptors (Lipinski definition) is 2. The number of nitrogens with zero attached hydrogens (tertiary/aromatic N) is 1. The summed E-state index contributed by atoms with van der Waals surface area (Å²) in [6, 6.07) is 0. The Hall–Kier alpha value is -0.370. The zero-order valence-corrected chi connectivity index (χ0v) is 8.98. The van der Waals surface area contributed by atoms with Crippen molar-refractivity contribution in [1.29, 1.82) is 0 Å². The molecule has 0 unspecified atom stereocenters. The highest BCUT2D eigenvalue weighted by Crippen LogP contribution is 1.85. The molecule has 0 aliphatic heterocycles. The molecule has 74 valence electrons.